The Morgan fingerprint density at radius 3 is 2.42 bits per heavy atom. The first kappa shape index (κ1) is 22.6. The third kappa shape index (κ3) is 5.53. The number of nitrogens with zero attached hydrogens (tertiary/aromatic N) is 3. The molecule has 0 amide bonds. The van der Waals surface area contributed by atoms with Gasteiger partial charge in [-0.3, -0.25) is 9.78 Å². The highest BCUT2D eigenvalue weighted by Gasteiger charge is 2.28. The molecule has 1 aromatic rings. The van der Waals surface area contributed by atoms with Crippen LogP contribution in [-0.4, -0.2) is 47.6 Å². The van der Waals surface area contributed by atoms with Crippen LogP contribution in [0.1, 0.15) is 52.1 Å². The van der Waals surface area contributed by atoms with E-state index in [0.717, 1.165) is 18.6 Å². The van der Waals surface area contributed by atoms with E-state index in [1.807, 2.05) is 6.07 Å². The molecule has 0 aliphatic carbocycles. The SMILES string of the molecule is CCCCS[C@@H](C)C(=O)[C@@H](C#N)c1ccc(S(=O)(=O)N(CC)CC)cn1. The van der Waals surface area contributed by atoms with Crippen LogP contribution in [0.15, 0.2) is 23.2 Å². The van der Waals surface area contributed by atoms with E-state index in [1.54, 1.807) is 20.8 Å². The number of hydrogen-bond acceptors (Lipinski definition) is 6. The van der Waals surface area contributed by atoms with Crippen LogP contribution in [0, 0.1) is 11.3 Å². The second kappa shape index (κ2) is 10.7. The van der Waals surface area contributed by atoms with Crippen molar-refractivity contribution >= 4 is 27.6 Å². The quantitative estimate of drug-likeness (QED) is 0.533. The molecule has 0 unspecified atom stereocenters. The molecule has 6 nitrogen and oxygen atoms in total. The number of Topliss-reactive ketones (excluding diaryl/α,β-unsaturated/α-hetero) is 1. The van der Waals surface area contributed by atoms with E-state index in [-0.39, 0.29) is 15.9 Å². The first-order chi connectivity index (χ1) is 12.3. The van der Waals surface area contributed by atoms with E-state index < -0.39 is 15.9 Å². The summed E-state index contributed by atoms with van der Waals surface area (Å²) in [5, 5.41) is 9.12. The van der Waals surface area contributed by atoms with Gasteiger partial charge < -0.3 is 0 Å². The lowest BCUT2D eigenvalue weighted by Crippen LogP contribution is -2.30. The van der Waals surface area contributed by atoms with Crippen molar-refractivity contribution in [3.8, 4) is 6.07 Å². The summed E-state index contributed by atoms with van der Waals surface area (Å²) in [5.74, 6) is -0.305. The van der Waals surface area contributed by atoms with Crippen LogP contribution in [-0.2, 0) is 14.8 Å². The van der Waals surface area contributed by atoms with Crippen molar-refractivity contribution in [1.82, 2.24) is 9.29 Å². The third-order valence-electron chi connectivity index (χ3n) is 4.08. The molecule has 0 aliphatic heterocycles. The fraction of sp³-hybridized carbons (Fsp3) is 0.611. The van der Waals surface area contributed by atoms with Gasteiger partial charge in [-0.2, -0.15) is 21.3 Å². The summed E-state index contributed by atoms with van der Waals surface area (Å²) in [7, 11) is -3.60. The highest BCUT2D eigenvalue weighted by Crippen LogP contribution is 2.24. The molecule has 0 aromatic carbocycles. The number of carbonyl (C=O) groups is 1. The van der Waals surface area contributed by atoms with Gasteiger partial charge in [0, 0.05) is 19.3 Å². The molecule has 0 saturated heterocycles. The van der Waals surface area contributed by atoms with Crippen molar-refractivity contribution < 1.29 is 13.2 Å². The minimum Gasteiger partial charge on any atom is -0.297 e. The molecule has 1 aromatic heterocycles. The smallest absolute Gasteiger partial charge is 0.244 e. The summed E-state index contributed by atoms with van der Waals surface area (Å²) < 4.78 is 26.3. The average Bonchev–Trinajstić information content (AvgIpc) is 2.63. The van der Waals surface area contributed by atoms with Gasteiger partial charge in [0.05, 0.1) is 17.0 Å². The van der Waals surface area contributed by atoms with Crippen molar-refractivity contribution in [2.45, 2.75) is 56.6 Å². The number of pyridine rings is 1. The van der Waals surface area contributed by atoms with Gasteiger partial charge in [-0.05, 0) is 31.2 Å². The number of sulfonamides is 1. The van der Waals surface area contributed by atoms with Crippen LogP contribution in [0.4, 0.5) is 0 Å². The van der Waals surface area contributed by atoms with Crippen LogP contribution >= 0.6 is 11.8 Å². The monoisotopic (exact) mass is 397 g/mol. The maximum atomic E-state index is 12.5. The van der Waals surface area contributed by atoms with Crippen molar-refractivity contribution in [3.05, 3.63) is 24.0 Å². The highest BCUT2D eigenvalue weighted by molar-refractivity contribution is 8.00. The second-order valence-electron chi connectivity index (χ2n) is 5.84. The summed E-state index contributed by atoms with van der Waals surface area (Å²) in [6.07, 6.45) is 3.31. The molecule has 0 spiro atoms. The summed E-state index contributed by atoms with van der Waals surface area (Å²) >= 11 is 1.53. The minimum atomic E-state index is -3.60. The number of aromatic nitrogens is 1. The standard InChI is InChI=1S/C18H27N3O3S2/c1-5-8-11-25-14(4)18(22)16(12-19)17-10-9-15(13-20-17)26(23,24)21(6-2)7-3/h9-10,13-14,16H,5-8,11H2,1-4H3/t14-,16-/m0/s1. The molecule has 0 saturated carbocycles. The Bertz CT molecular complexity index is 723. The maximum Gasteiger partial charge on any atom is 0.244 e. The lowest BCUT2D eigenvalue weighted by Gasteiger charge is -2.18. The number of unbranched alkanes of at least 4 members (excludes halogenated alkanes) is 1. The van der Waals surface area contributed by atoms with E-state index >= 15 is 0 Å². The van der Waals surface area contributed by atoms with Crippen LogP contribution in [0.5, 0.6) is 0 Å². The van der Waals surface area contributed by atoms with Gasteiger partial charge in [-0.25, -0.2) is 8.42 Å². The predicted octanol–water partition coefficient (Wildman–Crippen LogP) is 3.21. The van der Waals surface area contributed by atoms with Crippen molar-refractivity contribution in [3.63, 3.8) is 0 Å². The molecular weight excluding hydrogens is 370 g/mol. The van der Waals surface area contributed by atoms with Gasteiger partial charge in [-0.15, -0.1) is 0 Å². The van der Waals surface area contributed by atoms with Crippen molar-refractivity contribution in [2.75, 3.05) is 18.8 Å². The molecule has 0 N–H and O–H groups in total. The molecule has 144 valence electrons. The summed E-state index contributed by atoms with van der Waals surface area (Å²) in [4.78, 5) is 16.7. The van der Waals surface area contributed by atoms with Gasteiger partial charge in [0.15, 0.2) is 5.78 Å². The summed E-state index contributed by atoms with van der Waals surface area (Å²) in [6, 6.07) is 4.89. The first-order valence-electron chi connectivity index (χ1n) is 8.84. The molecule has 26 heavy (non-hydrogen) atoms. The van der Waals surface area contributed by atoms with E-state index in [1.165, 1.54) is 34.4 Å². The van der Waals surface area contributed by atoms with Gasteiger partial charge in [0.1, 0.15) is 10.8 Å². The largest absolute Gasteiger partial charge is 0.297 e. The molecular formula is C18H27N3O3S2. The maximum absolute atomic E-state index is 12.5. The minimum absolute atomic E-state index is 0.0689. The number of rotatable bonds is 11. The van der Waals surface area contributed by atoms with Crippen molar-refractivity contribution in [2.24, 2.45) is 0 Å². The van der Waals surface area contributed by atoms with Crippen molar-refractivity contribution in [1.29, 1.82) is 5.26 Å². The van der Waals surface area contributed by atoms with Crippen LogP contribution in [0.2, 0.25) is 0 Å². The van der Waals surface area contributed by atoms with E-state index in [0.29, 0.717) is 18.8 Å². The van der Waals surface area contributed by atoms with Gasteiger partial charge in [0.25, 0.3) is 0 Å². The van der Waals surface area contributed by atoms with E-state index in [4.69, 9.17) is 0 Å². The Labute approximate surface area is 161 Å². The number of ketones is 1. The Kier molecular flexibility index (Phi) is 9.27. The molecule has 0 fully saturated rings. The zero-order valence-electron chi connectivity index (χ0n) is 15.8. The highest BCUT2D eigenvalue weighted by atomic mass is 32.2. The lowest BCUT2D eigenvalue weighted by atomic mass is 9.99. The van der Waals surface area contributed by atoms with E-state index in [2.05, 4.69) is 11.9 Å². The number of hydrogen-bond donors (Lipinski definition) is 0. The summed E-state index contributed by atoms with van der Waals surface area (Å²) in [6.45, 7) is 8.16. The molecule has 0 radical (unpaired) electrons. The van der Waals surface area contributed by atoms with E-state index in [9.17, 15) is 18.5 Å². The fourth-order valence-electron chi connectivity index (χ4n) is 2.42. The molecule has 1 rings (SSSR count). The molecule has 0 aliphatic rings. The second-order valence-corrected chi connectivity index (χ2v) is 9.23. The third-order valence-corrected chi connectivity index (χ3v) is 7.37. The Hall–Kier alpha value is -1.43. The molecule has 8 heteroatoms. The Balaban J connectivity index is 2.98. The fourth-order valence-corrected chi connectivity index (χ4v) is 4.94. The van der Waals surface area contributed by atoms with Crippen LogP contribution < -0.4 is 0 Å². The van der Waals surface area contributed by atoms with Gasteiger partial charge in [-0.1, -0.05) is 27.2 Å². The molecule has 2 atom stereocenters. The van der Waals surface area contributed by atoms with Crippen LogP contribution in [0.25, 0.3) is 0 Å². The zero-order chi connectivity index (χ0) is 19.7. The van der Waals surface area contributed by atoms with Gasteiger partial charge in [0.2, 0.25) is 10.0 Å². The first-order valence-corrected chi connectivity index (χ1v) is 11.3. The number of thioether (sulfide) groups is 1. The lowest BCUT2D eigenvalue weighted by molar-refractivity contribution is -0.118. The average molecular weight is 398 g/mol. The number of carbonyl (C=O) groups excluding carboxylic acids is 1. The normalized spacial score (nSPS) is 14.0. The molecule has 1 heterocycles. The molecule has 0 bridgehead atoms. The van der Waals surface area contributed by atoms with Gasteiger partial charge >= 0.3 is 0 Å². The number of nitriles is 1. The Morgan fingerprint density at radius 1 is 1.31 bits per heavy atom. The predicted molar refractivity (Wildman–Crippen MR) is 105 cm³/mol. The topological polar surface area (TPSA) is 91.1 Å². The Morgan fingerprint density at radius 2 is 1.96 bits per heavy atom. The summed E-state index contributed by atoms with van der Waals surface area (Å²) in [5.41, 5.74) is 0.291. The van der Waals surface area contributed by atoms with Crippen LogP contribution in [0.3, 0.4) is 0 Å². The zero-order valence-corrected chi connectivity index (χ0v) is 17.4.